The van der Waals surface area contributed by atoms with Crippen molar-refractivity contribution in [2.24, 2.45) is 5.73 Å². The minimum atomic E-state index is 0.819. The van der Waals surface area contributed by atoms with E-state index in [1.807, 2.05) is 13.8 Å². The second-order valence-electron chi connectivity index (χ2n) is 1.79. The highest BCUT2D eigenvalue weighted by Gasteiger charge is 1.56. The molecule has 1 heteroatoms. The maximum Gasteiger partial charge on any atom is -0.00799 e. The van der Waals surface area contributed by atoms with Crippen molar-refractivity contribution in [1.29, 1.82) is 0 Å². The number of nitrogens with two attached hydrogens (primary N) is 1. The standard InChI is InChI=1S/C4H10.C3H9N.C2H6/c1-3-4-2;1-2-3-4;1-2/h3-4H2,1-2H3;2-4H2,1H3;1-2H3. The van der Waals surface area contributed by atoms with Crippen molar-refractivity contribution in [1.82, 2.24) is 0 Å². The van der Waals surface area contributed by atoms with Gasteiger partial charge in [0.15, 0.2) is 0 Å². The van der Waals surface area contributed by atoms with Gasteiger partial charge in [-0.25, -0.2) is 0 Å². The van der Waals surface area contributed by atoms with Gasteiger partial charge < -0.3 is 5.73 Å². The van der Waals surface area contributed by atoms with Gasteiger partial charge in [0.1, 0.15) is 0 Å². The molecule has 0 aromatic heterocycles. The van der Waals surface area contributed by atoms with Crippen LogP contribution in [0.25, 0.3) is 0 Å². The Morgan fingerprint density at radius 2 is 1.00 bits per heavy atom. The highest BCUT2D eigenvalue weighted by molar-refractivity contribution is 4.19. The molecule has 0 aliphatic carbocycles. The van der Waals surface area contributed by atoms with E-state index in [9.17, 15) is 0 Å². The van der Waals surface area contributed by atoms with E-state index in [1.165, 1.54) is 12.8 Å². The molecule has 0 aromatic carbocycles. The molecule has 0 aromatic rings. The minimum absolute atomic E-state index is 0.819. The van der Waals surface area contributed by atoms with E-state index in [4.69, 9.17) is 5.73 Å². The number of hydrogen-bond donors (Lipinski definition) is 1. The summed E-state index contributed by atoms with van der Waals surface area (Å²) in [7, 11) is 0. The highest BCUT2D eigenvalue weighted by atomic mass is 14.5. The second kappa shape index (κ2) is 36.2. The molecule has 0 rings (SSSR count). The fourth-order valence-electron chi connectivity index (χ4n) is 0. The average Bonchev–Trinajstić information content (AvgIpc) is 2.08. The second-order valence-corrected chi connectivity index (χ2v) is 1.79. The number of hydrogen-bond acceptors (Lipinski definition) is 1. The van der Waals surface area contributed by atoms with Gasteiger partial charge in [-0.2, -0.15) is 0 Å². The summed E-state index contributed by atoms with van der Waals surface area (Å²) in [5, 5.41) is 0. The van der Waals surface area contributed by atoms with Crippen LogP contribution in [0.2, 0.25) is 0 Å². The first-order valence-electron chi connectivity index (χ1n) is 4.53. The Morgan fingerprint density at radius 3 is 1.00 bits per heavy atom. The van der Waals surface area contributed by atoms with Crippen LogP contribution in [0.5, 0.6) is 0 Å². The predicted octanol–water partition coefficient (Wildman–Crippen LogP) is 3.19. The number of rotatable bonds is 2. The molecular weight excluding hydrogens is 122 g/mol. The lowest BCUT2D eigenvalue weighted by Crippen LogP contribution is -1.93. The zero-order valence-corrected chi connectivity index (χ0v) is 8.41. The molecule has 66 valence electrons. The summed E-state index contributed by atoms with van der Waals surface area (Å²) >= 11 is 0. The summed E-state index contributed by atoms with van der Waals surface area (Å²) < 4.78 is 0. The van der Waals surface area contributed by atoms with Crippen LogP contribution in [0.15, 0.2) is 0 Å². The molecule has 0 saturated carbocycles. The quantitative estimate of drug-likeness (QED) is 0.638. The minimum Gasteiger partial charge on any atom is -0.330 e. The molecule has 0 heterocycles. The summed E-state index contributed by atoms with van der Waals surface area (Å²) in [5.41, 5.74) is 5.03. The molecule has 0 unspecified atom stereocenters. The number of unbranched alkanes of at least 4 members (excludes halogenated alkanes) is 1. The topological polar surface area (TPSA) is 26.0 Å². The fourth-order valence-corrected chi connectivity index (χ4v) is 0. The van der Waals surface area contributed by atoms with E-state index in [2.05, 4.69) is 20.8 Å². The molecule has 0 spiro atoms. The van der Waals surface area contributed by atoms with Gasteiger partial charge in [0.25, 0.3) is 0 Å². The predicted molar refractivity (Wildman–Crippen MR) is 51.3 cm³/mol. The summed E-state index contributed by atoms with van der Waals surface area (Å²) in [5.74, 6) is 0. The molecule has 0 radical (unpaired) electrons. The van der Waals surface area contributed by atoms with Crippen molar-refractivity contribution >= 4 is 0 Å². The van der Waals surface area contributed by atoms with Crippen molar-refractivity contribution in [3.05, 3.63) is 0 Å². The van der Waals surface area contributed by atoms with Gasteiger partial charge in [-0.3, -0.25) is 0 Å². The SMILES string of the molecule is CC.CCCC.CCCN. The molecule has 1 nitrogen and oxygen atoms in total. The Labute approximate surface area is 67.0 Å². The Bertz CT molecular complexity index is 12.7. The van der Waals surface area contributed by atoms with Gasteiger partial charge in [0.05, 0.1) is 0 Å². The van der Waals surface area contributed by atoms with Crippen molar-refractivity contribution < 1.29 is 0 Å². The van der Waals surface area contributed by atoms with Gasteiger partial charge in [-0.05, 0) is 13.0 Å². The Morgan fingerprint density at radius 1 is 0.800 bits per heavy atom. The van der Waals surface area contributed by atoms with Gasteiger partial charge in [-0.1, -0.05) is 47.5 Å². The molecule has 0 bridgehead atoms. The van der Waals surface area contributed by atoms with E-state index in [0.717, 1.165) is 13.0 Å². The van der Waals surface area contributed by atoms with Crippen LogP contribution >= 0.6 is 0 Å². The fraction of sp³-hybridized carbons (Fsp3) is 1.00. The highest BCUT2D eigenvalue weighted by Crippen LogP contribution is 1.76. The first-order valence-corrected chi connectivity index (χ1v) is 4.53. The van der Waals surface area contributed by atoms with E-state index >= 15 is 0 Å². The lowest BCUT2D eigenvalue weighted by Gasteiger charge is -1.70. The van der Waals surface area contributed by atoms with Crippen molar-refractivity contribution in [3.8, 4) is 0 Å². The summed E-state index contributed by atoms with van der Waals surface area (Å²) in [4.78, 5) is 0. The van der Waals surface area contributed by atoms with E-state index in [0.29, 0.717) is 0 Å². The van der Waals surface area contributed by atoms with Crippen molar-refractivity contribution in [3.63, 3.8) is 0 Å². The monoisotopic (exact) mass is 147 g/mol. The van der Waals surface area contributed by atoms with Crippen LogP contribution < -0.4 is 5.73 Å². The summed E-state index contributed by atoms with van der Waals surface area (Å²) in [6.07, 6.45) is 3.74. The van der Waals surface area contributed by atoms with Crippen LogP contribution in [-0.2, 0) is 0 Å². The van der Waals surface area contributed by atoms with Gasteiger partial charge >= 0.3 is 0 Å². The zero-order chi connectivity index (χ0) is 8.83. The molecule has 10 heavy (non-hydrogen) atoms. The Balaban J connectivity index is -0.0000000787. The lowest BCUT2D eigenvalue weighted by molar-refractivity contribution is 0.886. The smallest absolute Gasteiger partial charge is 0.00799 e. The molecular formula is C9H25N. The van der Waals surface area contributed by atoms with Crippen LogP contribution in [0.1, 0.15) is 53.9 Å². The van der Waals surface area contributed by atoms with Crippen molar-refractivity contribution in [2.75, 3.05) is 6.54 Å². The van der Waals surface area contributed by atoms with Crippen molar-refractivity contribution in [2.45, 2.75) is 53.9 Å². The maximum absolute atomic E-state index is 5.03. The largest absolute Gasteiger partial charge is 0.330 e. The zero-order valence-electron chi connectivity index (χ0n) is 8.41. The molecule has 0 amide bonds. The van der Waals surface area contributed by atoms with E-state index in [1.54, 1.807) is 0 Å². The van der Waals surface area contributed by atoms with Crippen LogP contribution in [0.4, 0.5) is 0 Å². The molecule has 0 aliphatic rings. The average molecular weight is 147 g/mol. The maximum atomic E-state index is 5.03. The van der Waals surface area contributed by atoms with E-state index in [-0.39, 0.29) is 0 Å². The van der Waals surface area contributed by atoms with Gasteiger partial charge in [-0.15, -0.1) is 0 Å². The van der Waals surface area contributed by atoms with E-state index < -0.39 is 0 Å². The third-order valence-corrected chi connectivity index (χ3v) is 0.789. The normalized spacial score (nSPS) is 6.60. The lowest BCUT2D eigenvalue weighted by atomic mass is 10.4. The van der Waals surface area contributed by atoms with Crippen LogP contribution in [0, 0.1) is 0 Å². The molecule has 0 saturated heterocycles. The third kappa shape index (κ3) is 100. The Kier molecular flexibility index (Phi) is 59.8. The summed E-state index contributed by atoms with van der Waals surface area (Å²) in [6, 6.07) is 0. The van der Waals surface area contributed by atoms with Crippen LogP contribution in [0.3, 0.4) is 0 Å². The summed E-state index contributed by atoms with van der Waals surface area (Å²) in [6.45, 7) is 11.2. The van der Waals surface area contributed by atoms with Crippen LogP contribution in [-0.4, -0.2) is 6.54 Å². The third-order valence-electron chi connectivity index (χ3n) is 0.789. The first-order chi connectivity index (χ1) is 4.83. The van der Waals surface area contributed by atoms with Gasteiger partial charge in [0, 0.05) is 0 Å². The van der Waals surface area contributed by atoms with Gasteiger partial charge in [0.2, 0.25) is 0 Å². The first kappa shape index (κ1) is 16.5. The molecule has 0 fully saturated rings. The Hall–Kier alpha value is -0.0400. The molecule has 0 atom stereocenters. The molecule has 0 aliphatic heterocycles. The molecule has 2 N–H and O–H groups in total.